The van der Waals surface area contributed by atoms with Crippen molar-refractivity contribution in [2.75, 3.05) is 5.32 Å². The Kier molecular flexibility index (Phi) is 4.27. The molecule has 4 nitrogen and oxygen atoms in total. The van der Waals surface area contributed by atoms with E-state index in [1.807, 2.05) is 6.07 Å². The summed E-state index contributed by atoms with van der Waals surface area (Å²) in [5.41, 5.74) is -1.25. The number of carbonyl (C=O) groups is 1. The molecule has 0 aliphatic carbocycles. The Balaban J connectivity index is 2.41. The number of phenolic OH excluding ortho intramolecular Hbond substituents is 1. The van der Waals surface area contributed by atoms with E-state index in [1.165, 1.54) is 31.2 Å². The van der Waals surface area contributed by atoms with Gasteiger partial charge in [0.15, 0.2) is 0 Å². The van der Waals surface area contributed by atoms with E-state index >= 15 is 0 Å². The first kappa shape index (κ1) is 16.4. The molecule has 0 saturated heterocycles. The first-order valence-corrected chi connectivity index (χ1v) is 6.44. The molecule has 0 bridgehead atoms. The second-order valence-corrected chi connectivity index (χ2v) is 4.84. The minimum absolute atomic E-state index is 0.136. The second kappa shape index (κ2) is 6.01. The zero-order valence-corrected chi connectivity index (χ0v) is 11.9. The van der Waals surface area contributed by atoms with Gasteiger partial charge in [-0.3, -0.25) is 4.79 Å². The van der Waals surface area contributed by atoms with E-state index in [1.54, 1.807) is 0 Å². The van der Waals surface area contributed by atoms with Crippen molar-refractivity contribution in [3.63, 3.8) is 0 Å². The summed E-state index contributed by atoms with van der Waals surface area (Å²) in [6.45, 7) is 1.49. The number of nitrogens with zero attached hydrogens (tertiary/aromatic N) is 1. The monoisotopic (exact) mass is 320 g/mol. The van der Waals surface area contributed by atoms with Gasteiger partial charge in [-0.25, -0.2) is 0 Å². The van der Waals surface area contributed by atoms with E-state index in [-0.39, 0.29) is 17.0 Å². The highest BCUT2D eigenvalue weighted by molar-refractivity contribution is 6.06. The van der Waals surface area contributed by atoms with Crippen LogP contribution in [0.1, 0.15) is 27.0 Å². The number of benzene rings is 2. The first-order valence-electron chi connectivity index (χ1n) is 6.44. The lowest BCUT2D eigenvalue weighted by Gasteiger charge is -2.14. The van der Waals surface area contributed by atoms with Gasteiger partial charge in [0, 0.05) is 0 Å². The number of anilines is 1. The van der Waals surface area contributed by atoms with Gasteiger partial charge in [0.05, 0.1) is 28.4 Å². The van der Waals surface area contributed by atoms with Gasteiger partial charge in [-0.05, 0) is 37.3 Å². The molecule has 1 amide bonds. The fourth-order valence-electron chi connectivity index (χ4n) is 1.99. The number of hydrogen-bond acceptors (Lipinski definition) is 3. The number of alkyl halides is 3. The summed E-state index contributed by atoms with van der Waals surface area (Å²) in [6.07, 6.45) is -4.69. The van der Waals surface area contributed by atoms with Crippen LogP contribution in [-0.4, -0.2) is 11.0 Å². The number of aromatic hydroxyl groups is 1. The third kappa shape index (κ3) is 3.61. The summed E-state index contributed by atoms with van der Waals surface area (Å²) in [5, 5.41) is 20.6. The smallest absolute Gasteiger partial charge is 0.417 e. The number of carbonyl (C=O) groups excluding carboxylic acids is 1. The summed E-state index contributed by atoms with van der Waals surface area (Å²) in [6, 6.07) is 8.80. The lowest BCUT2D eigenvalue weighted by atomic mass is 10.0. The van der Waals surface area contributed by atoms with Gasteiger partial charge in [0.25, 0.3) is 5.91 Å². The van der Waals surface area contributed by atoms with Gasteiger partial charge in [0.1, 0.15) is 5.75 Å². The van der Waals surface area contributed by atoms with Crippen molar-refractivity contribution in [1.82, 2.24) is 0 Å². The highest BCUT2D eigenvalue weighted by atomic mass is 19.4. The number of halogens is 3. The standard InChI is InChI=1S/C16H11F3N2O2/c1-9-2-4-11(12(6-9)16(17,18)19)15(23)21-13-7-10(8-20)3-5-14(13)22/h2-7,22H,1H3,(H,21,23). The Bertz CT molecular complexity index is 808. The number of amides is 1. The normalized spacial score (nSPS) is 10.9. The molecule has 0 aliphatic heterocycles. The number of rotatable bonds is 2. The maximum atomic E-state index is 13.1. The SMILES string of the molecule is Cc1ccc(C(=O)Nc2cc(C#N)ccc2O)c(C(F)(F)F)c1. The zero-order valence-electron chi connectivity index (χ0n) is 11.9. The quantitative estimate of drug-likeness (QED) is 0.826. The molecule has 2 aromatic rings. The lowest BCUT2D eigenvalue weighted by Crippen LogP contribution is -2.19. The first-order chi connectivity index (χ1) is 10.7. The summed E-state index contributed by atoms with van der Waals surface area (Å²) < 4.78 is 39.2. The van der Waals surface area contributed by atoms with Crippen molar-refractivity contribution < 1.29 is 23.1 Å². The van der Waals surface area contributed by atoms with Crippen LogP contribution in [-0.2, 0) is 6.18 Å². The Hall–Kier alpha value is -3.01. The van der Waals surface area contributed by atoms with E-state index in [9.17, 15) is 23.1 Å². The van der Waals surface area contributed by atoms with Crippen LogP contribution in [0.15, 0.2) is 36.4 Å². The number of hydrogen-bond donors (Lipinski definition) is 2. The van der Waals surface area contributed by atoms with Crippen LogP contribution in [0.4, 0.5) is 18.9 Å². The molecule has 0 radical (unpaired) electrons. The summed E-state index contributed by atoms with van der Waals surface area (Å²) >= 11 is 0. The summed E-state index contributed by atoms with van der Waals surface area (Å²) in [4.78, 5) is 12.1. The average molecular weight is 320 g/mol. The molecular weight excluding hydrogens is 309 g/mol. The highest BCUT2D eigenvalue weighted by Gasteiger charge is 2.35. The fourth-order valence-corrected chi connectivity index (χ4v) is 1.99. The lowest BCUT2D eigenvalue weighted by molar-refractivity contribution is -0.137. The predicted octanol–water partition coefficient (Wildman–Crippen LogP) is 3.84. The van der Waals surface area contributed by atoms with Crippen molar-refractivity contribution in [3.8, 4) is 11.8 Å². The average Bonchev–Trinajstić information content (AvgIpc) is 2.48. The van der Waals surface area contributed by atoms with Crippen molar-refractivity contribution in [2.24, 2.45) is 0 Å². The van der Waals surface area contributed by atoms with E-state index in [2.05, 4.69) is 5.32 Å². The van der Waals surface area contributed by atoms with Crippen molar-refractivity contribution in [3.05, 3.63) is 58.7 Å². The van der Waals surface area contributed by atoms with Crippen molar-refractivity contribution >= 4 is 11.6 Å². The largest absolute Gasteiger partial charge is 0.506 e. The molecule has 0 heterocycles. The van der Waals surface area contributed by atoms with Crippen LogP contribution in [0, 0.1) is 18.3 Å². The maximum absolute atomic E-state index is 13.1. The third-order valence-corrected chi connectivity index (χ3v) is 3.10. The third-order valence-electron chi connectivity index (χ3n) is 3.10. The Labute approximate surface area is 129 Å². The second-order valence-electron chi connectivity index (χ2n) is 4.84. The molecule has 23 heavy (non-hydrogen) atoms. The molecule has 0 fully saturated rings. The molecule has 0 unspecified atom stereocenters. The van der Waals surface area contributed by atoms with Gasteiger partial charge in [-0.15, -0.1) is 0 Å². The molecular formula is C16H11F3N2O2. The van der Waals surface area contributed by atoms with Gasteiger partial charge in [0.2, 0.25) is 0 Å². The van der Waals surface area contributed by atoms with Crippen LogP contribution in [0.3, 0.4) is 0 Å². The van der Waals surface area contributed by atoms with Gasteiger partial charge >= 0.3 is 6.18 Å². The Morgan fingerprint density at radius 2 is 1.91 bits per heavy atom. The van der Waals surface area contributed by atoms with Crippen LogP contribution in [0.5, 0.6) is 5.75 Å². The van der Waals surface area contributed by atoms with E-state index in [4.69, 9.17) is 5.26 Å². The van der Waals surface area contributed by atoms with E-state index in [0.29, 0.717) is 5.56 Å². The molecule has 0 saturated carbocycles. The molecule has 0 spiro atoms. The van der Waals surface area contributed by atoms with Crippen molar-refractivity contribution in [1.29, 1.82) is 5.26 Å². The minimum atomic E-state index is -4.69. The molecule has 2 N–H and O–H groups in total. The van der Waals surface area contributed by atoms with E-state index < -0.39 is 23.2 Å². The number of nitrogens with one attached hydrogen (secondary N) is 1. The van der Waals surface area contributed by atoms with Crippen molar-refractivity contribution in [2.45, 2.75) is 13.1 Å². The molecule has 2 aromatic carbocycles. The topological polar surface area (TPSA) is 73.1 Å². The maximum Gasteiger partial charge on any atom is 0.417 e. The predicted molar refractivity (Wildman–Crippen MR) is 77.0 cm³/mol. The van der Waals surface area contributed by atoms with Crippen LogP contribution >= 0.6 is 0 Å². The number of aryl methyl sites for hydroxylation is 1. The molecule has 7 heteroatoms. The Morgan fingerprint density at radius 1 is 1.22 bits per heavy atom. The molecule has 0 aromatic heterocycles. The minimum Gasteiger partial charge on any atom is -0.506 e. The number of phenols is 1. The van der Waals surface area contributed by atoms with Gasteiger partial charge in [-0.2, -0.15) is 18.4 Å². The molecule has 0 aliphatic rings. The summed E-state index contributed by atoms with van der Waals surface area (Å²) in [5.74, 6) is -1.37. The van der Waals surface area contributed by atoms with E-state index in [0.717, 1.165) is 12.1 Å². The molecule has 118 valence electrons. The van der Waals surface area contributed by atoms with Gasteiger partial charge < -0.3 is 10.4 Å². The Morgan fingerprint density at radius 3 is 2.52 bits per heavy atom. The van der Waals surface area contributed by atoms with Crippen LogP contribution in [0.2, 0.25) is 0 Å². The van der Waals surface area contributed by atoms with Crippen LogP contribution < -0.4 is 5.32 Å². The highest BCUT2D eigenvalue weighted by Crippen LogP contribution is 2.33. The summed E-state index contributed by atoms with van der Waals surface area (Å²) in [7, 11) is 0. The van der Waals surface area contributed by atoms with Crippen LogP contribution in [0.25, 0.3) is 0 Å². The fraction of sp³-hybridized carbons (Fsp3) is 0.125. The van der Waals surface area contributed by atoms with Gasteiger partial charge in [-0.1, -0.05) is 11.6 Å². The molecule has 2 rings (SSSR count). The number of nitriles is 1. The zero-order chi connectivity index (χ0) is 17.2. The molecule has 0 atom stereocenters.